The normalized spacial score (nSPS) is 19.8. The van der Waals surface area contributed by atoms with Crippen molar-refractivity contribution in [2.75, 3.05) is 26.2 Å². The van der Waals surface area contributed by atoms with Gasteiger partial charge in [-0.1, -0.05) is 6.07 Å². The van der Waals surface area contributed by atoms with E-state index in [4.69, 9.17) is 5.73 Å². The van der Waals surface area contributed by atoms with Crippen molar-refractivity contribution in [3.05, 3.63) is 30.1 Å². The third-order valence-electron chi connectivity index (χ3n) is 3.63. The van der Waals surface area contributed by atoms with E-state index in [1.807, 2.05) is 0 Å². The molecule has 2 rings (SSSR count). The highest BCUT2D eigenvalue weighted by molar-refractivity contribution is 7.89. The summed E-state index contributed by atoms with van der Waals surface area (Å²) in [5.41, 5.74) is 5.34. The van der Waals surface area contributed by atoms with Crippen LogP contribution in [0.1, 0.15) is 12.8 Å². The van der Waals surface area contributed by atoms with Gasteiger partial charge < -0.3 is 11.1 Å². The first kappa shape index (κ1) is 16.9. The van der Waals surface area contributed by atoms with Gasteiger partial charge in [-0.15, -0.1) is 0 Å². The van der Waals surface area contributed by atoms with Crippen LogP contribution < -0.4 is 11.1 Å². The zero-order chi connectivity index (χ0) is 16.2. The fraction of sp³-hybridized carbons (Fsp3) is 0.500. The molecule has 1 fully saturated rings. The molecule has 1 heterocycles. The Morgan fingerprint density at radius 2 is 2.23 bits per heavy atom. The van der Waals surface area contributed by atoms with Crippen LogP contribution in [0.5, 0.6) is 0 Å². The molecule has 1 aromatic rings. The first-order valence-corrected chi connectivity index (χ1v) is 8.62. The lowest BCUT2D eigenvalue weighted by Crippen LogP contribution is -2.46. The lowest BCUT2D eigenvalue weighted by Gasteiger charge is -2.31. The summed E-state index contributed by atoms with van der Waals surface area (Å²) in [6.45, 7) is 1.14. The number of carbonyl (C=O) groups is 1. The summed E-state index contributed by atoms with van der Waals surface area (Å²) in [6.07, 6.45) is 1.22. The van der Waals surface area contributed by atoms with Crippen LogP contribution in [-0.2, 0) is 14.8 Å². The van der Waals surface area contributed by atoms with Gasteiger partial charge in [0.25, 0.3) is 0 Å². The second kappa shape index (κ2) is 7.17. The van der Waals surface area contributed by atoms with Gasteiger partial charge in [0.1, 0.15) is 5.82 Å². The molecule has 0 saturated carbocycles. The van der Waals surface area contributed by atoms with Gasteiger partial charge in [0, 0.05) is 26.2 Å². The number of nitrogens with zero attached hydrogens (tertiary/aromatic N) is 1. The summed E-state index contributed by atoms with van der Waals surface area (Å²) < 4.78 is 39.6. The first-order chi connectivity index (χ1) is 10.4. The average molecular weight is 329 g/mol. The van der Waals surface area contributed by atoms with Crippen molar-refractivity contribution < 1.29 is 17.6 Å². The Kier molecular flexibility index (Phi) is 5.49. The minimum Gasteiger partial charge on any atom is -0.355 e. The van der Waals surface area contributed by atoms with Crippen molar-refractivity contribution in [3.8, 4) is 0 Å². The van der Waals surface area contributed by atoms with Crippen LogP contribution in [-0.4, -0.2) is 44.8 Å². The van der Waals surface area contributed by atoms with E-state index in [1.54, 1.807) is 0 Å². The molecule has 22 heavy (non-hydrogen) atoms. The van der Waals surface area contributed by atoms with E-state index in [0.29, 0.717) is 32.5 Å². The zero-order valence-corrected chi connectivity index (χ0v) is 13.0. The van der Waals surface area contributed by atoms with E-state index in [1.165, 1.54) is 22.5 Å². The number of halogens is 1. The second-order valence-electron chi connectivity index (χ2n) is 5.24. The molecule has 1 saturated heterocycles. The molecular formula is C14H20FN3O3S. The van der Waals surface area contributed by atoms with Gasteiger partial charge in [-0.3, -0.25) is 4.79 Å². The molecule has 1 aliphatic heterocycles. The molecule has 122 valence electrons. The fourth-order valence-corrected chi connectivity index (χ4v) is 4.05. The van der Waals surface area contributed by atoms with E-state index < -0.39 is 21.8 Å². The Labute approximate surface area is 129 Å². The minimum atomic E-state index is -3.78. The molecule has 3 N–H and O–H groups in total. The van der Waals surface area contributed by atoms with E-state index >= 15 is 0 Å². The molecule has 6 nitrogen and oxygen atoms in total. The van der Waals surface area contributed by atoms with Crippen LogP contribution in [0.2, 0.25) is 0 Å². The number of benzene rings is 1. The van der Waals surface area contributed by atoms with Gasteiger partial charge in [0.05, 0.1) is 10.8 Å². The molecule has 0 radical (unpaired) electrons. The number of amides is 1. The van der Waals surface area contributed by atoms with E-state index in [0.717, 1.165) is 6.07 Å². The highest BCUT2D eigenvalue weighted by Gasteiger charge is 2.33. The molecule has 0 spiro atoms. The molecule has 1 atom stereocenters. The summed E-state index contributed by atoms with van der Waals surface area (Å²) >= 11 is 0. The van der Waals surface area contributed by atoms with E-state index in [2.05, 4.69) is 5.32 Å². The predicted molar refractivity (Wildman–Crippen MR) is 79.9 cm³/mol. The number of nitrogens with one attached hydrogen (secondary N) is 1. The van der Waals surface area contributed by atoms with Crippen molar-refractivity contribution in [2.45, 2.75) is 17.7 Å². The summed E-state index contributed by atoms with van der Waals surface area (Å²) in [7, 11) is -3.78. The molecule has 1 aliphatic rings. The lowest BCUT2D eigenvalue weighted by atomic mass is 9.99. The molecule has 1 unspecified atom stereocenters. The fourth-order valence-electron chi connectivity index (χ4n) is 2.49. The van der Waals surface area contributed by atoms with Crippen molar-refractivity contribution in [1.82, 2.24) is 9.62 Å². The minimum absolute atomic E-state index is 0.0875. The molecule has 1 amide bonds. The lowest BCUT2D eigenvalue weighted by molar-refractivity contribution is -0.126. The summed E-state index contributed by atoms with van der Waals surface area (Å²) in [6, 6.07) is 4.90. The third kappa shape index (κ3) is 3.82. The summed E-state index contributed by atoms with van der Waals surface area (Å²) in [5.74, 6) is -1.19. The monoisotopic (exact) mass is 329 g/mol. The maximum Gasteiger partial charge on any atom is 0.243 e. The van der Waals surface area contributed by atoms with Crippen LogP contribution in [0.25, 0.3) is 0 Å². The van der Waals surface area contributed by atoms with Crippen molar-refractivity contribution in [1.29, 1.82) is 0 Å². The number of hydrogen-bond acceptors (Lipinski definition) is 4. The number of rotatable bonds is 5. The molecule has 0 aliphatic carbocycles. The topological polar surface area (TPSA) is 92.5 Å². The highest BCUT2D eigenvalue weighted by Crippen LogP contribution is 2.24. The Hall–Kier alpha value is -1.51. The highest BCUT2D eigenvalue weighted by atomic mass is 32.2. The van der Waals surface area contributed by atoms with Gasteiger partial charge in [-0.2, -0.15) is 4.31 Å². The van der Waals surface area contributed by atoms with Gasteiger partial charge in [-0.05, 0) is 31.0 Å². The standard InChI is InChI=1S/C14H20FN3O3S/c15-12-4-1-5-13(9-12)22(20,21)18-8-2-3-11(10-18)14(19)17-7-6-16/h1,4-5,9,11H,2-3,6-8,10,16H2,(H,17,19). The van der Waals surface area contributed by atoms with Gasteiger partial charge in [0.2, 0.25) is 15.9 Å². The van der Waals surface area contributed by atoms with Gasteiger partial charge >= 0.3 is 0 Å². The maximum absolute atomic E-state index is 13.3. The second-order valence-corrected chi connectivity index (χ2v) is 7.18. The molecule has 8 heteroatoms. The number of sulfonamides is 1. The average Bonchev–Trinajstić information content (AvgIpc) is 2.52. The Bertz CT molecular complexity index is 636. The van der Waals surface area contributed by atoms with Crippen LogP contribution in [0.3, 0.4) is 0 Å². The maximum atomic E-state index is 13.3. The van der Waals surface area contributed by atoms with Crippen LogP contribution in [0, 0.1) is 11.7 Å². The first-order valence-electron chi connectivity index (χ1n) is 7.18. The Morgan fingerprint density at radius 3 is 2.91 bits per heavy atom. The van der Waals surface area contributed by atoms with Crippen LogP contribution in [0.15, 0.2) is 29.2 Å². The molecule has 0 bridgehead atoms. The van der Waals surface area contributed by atoms with Crippen molar-refractivity contribution >= 4 is 15.9 Å². The van der Waals surface area contributed by atoms with Crippen molar-refractivity contribution in [2.24, 2.45) is 11.7 Å². The van der Waals surface area contributed by atoms with E-state index in [-0.39, 0.29) is 17.3 Å². The number of nitrogens with two attached hydrogens (primary N) is 1. The molecular weight excluding hydrogens is 309 g/mol. The van der Waals surface area contributed by atoms with Gasteiger partial charge in [-0.25, -0.2) is 12.8 Å². The van der Waals surface area contributed by atoms with Crippen LogP contribution >= 0.6 is 0 Å². The van der Waals surface area contributed by atoms with Gasteiger partial charge in [0.15, 0.2) is 0 Å². The smallest absolute Gasteiger partial charge is 0.243 e. The van der Waals surface area contributed by atoms with E-state index in [9.17, 15) is 17.6 Å². The molecule has 1 aromatic carbocycles. The number of hydrogen-bond donors (Lipinski definition) is 2. The quantitative estimate of drug-likeness (QED) is 0.813. The van der Waals surface area contributed by atoms with Crippen LogP contribution in [0.4, 0.5) is 4.39 Å². The predicted octanol–water partition coefficient (Wildman–Crippen LogP) is 0.301. The van der Waals surface area contributed by atoms with Crippen molar-refractivity contribution in [3.63, 3.8) is 0 Å². The summed E-state index contributed by atoms with van der Waals surface area (Å²) in [5, 5.41) is 2.68. The third-order valence-corrected chi connectivity index (χ3v) is 5.49. The largest absolute Gasteiger partial charge is 0.355 e. The number of piperidine rings is 1. The number of carbonyl (C=O) groups excluding carboxylic acids is 1. The Balaban J connectivity index is 2.13. The molecule has 0 aromatic heterocycles. The zero-order valence-electron chi connectivity index (χ0n) is 12.2. The summed E-state index contributed by atoms with van der Waals surface area (Å²) in [4.78, 5) is 11.9. The SMILES string of the molecule is NCCNC(=O)C1CCCN(S(=O)(=O)c2cccc(F)c2)C1. The Morgan fingerprint density at radius 1 is 1.45 bits per heavy atom.